The molecule has 7 nitrogen and oxygen atoms in total. The molecule has 176 valence electrons. The summed E-state index contributed by atoms with van der Waals surface area (Å²) in [5.41, 5.74) is 3.19. The van der Waals surface area contributed by atoms with Crippen molar-refractivity contribution in [1.82, 2.24) is 14.8 Å². The van der Waals surface area contributed by atoms with Crippen molar-refractivity contribution in [3.05, 3.63) is 89.9 Å². The molecule has 0 radical (unpaired) electrons. The Morgan fingerprint density at radius 3 is 2.38 bits per heavy atom. The van der Waals surface area contributed by atoms with Crippen LogP contribution in [-0.4, -0.2) is 66.3 Å². The van der Waals surface area contributed by atoms with Crippen LogP contribution < -0.4 is 4.74 Å². The van der Waals surface area contributed by atoms with Crippen LogP contribution >= 0.6 is 0 Å². The van der Waals surface area contributed by atoms with Crippen molar-refractivity contribution in [2.45, 2.75) is 19.0 Å². The highest BCUT2D eigenvalue weighted by Crippen LogP contribution is 2.33. The minimum atomic E-state index is -0.223. The fraction of sp³-hybridized carbons (Fsp3) is 0.333. The van der Waals surface area contributed by atoms with Gasteiger partial charge in [0, 0.05) is 39.1 Å². The van der Waals surface area contributed by atoms with E-state index in [1.54, 1.807) is 18.4 Å². The fourth-order valence-corrected chi connectivity index (χ4v) is 4.61. The van der Waals surface area contributed by atoms with Crippen LogP contribution in [0.1, 0.15) is 29.3 Å². The lowest BCUT2D eigenvalue weighted by Gasteiger charge is -2.35. The molecular formula is C27H30N4O3. The number of methoxy groups -OCH3 is 1. The molecule has 0 bridgehead atoms. The van der Waals surface area contributed by atoms with Gasteiger partial charge in [0.15, 0.2) is 0 Å². The molecule has 0 saturated carbocycles. The lowest BCUT2D eigenvalue weighted by molar-refractivity contribution is -0.135. The molecule has 1 fully saturated rings. The van der Waals surface area contributed by atoms with Crippen LogP contribution in [0, 0.1) is 0 Å². The van der Waals surface area contributed by atoms with E-state index in [4.69, 9.17) is 14.3 Å². The van der Waals surface area contributed by atoms with E-state index < -0.39 is 0 Å². The highest BCUT2D eigenvalue weighted by molar-refractivity contribution is 6.03. The number of nitrogens with zero attached hydrogens (tertiary/aromatic N) is 4. The average Bonchev–Trinajstić information content (AvgIpc) is 3.56. The molecule has 0 spiro atoms. The fourth-order valence-electron chi connectivity index (χ4n) is 4.61. The Morgan fingerprint density at radius 1 is 0.971 bits per heavy atom. The second-order valence-corrected chi connectivity index (χ2v) is 8.79. The van der Waals surface area contributed by atoms with Crippen molar-refractivity contribution in [3.8, 4) is 5.75 Å². The van der Waals surface area contributed by atoms with Gasteiger partial charge in [0.2, 0.25) is 0 Å². The van der Waals surface area contributed by atoms with Gasteiger partial charge in [-0.25, -0.2) is 5.01 Å². The first-order valence-electron chi connectivity index (χ1n) is 11.8. The van der Waals surface area contributed by atoms with Gasteiger partial charge < -0.3 is 9.15 Å². The molecule has 3 aromatic rings. The number of amides is 1. The molecule has 0 N–H and O–H groups in total. The number of hydrazone groups is 1. The van der Waals surface area contributed by atoms with Crippen LogP contribution in [0.3, 0.4) is 0 Å². The predicted octanol–water partition coefficient (Wildman–Crippen LogP) is 3.78. The Bertz CT molecular complexity index is 1100. The summed E-state index contributed by atoms with van der Waals surface area (Å²) < 4.78 is 10.9. The van der Waals surface area contributed by atoms with E-state index in [0.717, 1.165) is 55.5 Å². The van der Waals surface area contributed by atoms with Gasteiger partial charge in [0.25, 0.3) is 5.91 Å². The quantitative estimate of drug-likeness (QED) is 0.539. The number of carbonyl (C=O) groups is 1. The Hall–Kier alpha value is -3.42. The van der Waals surface area contributed by atoms with Crippen LogP contribution in [0.5, 0.6) is 5.75 Å². The van der Waals surface area contributed by atoms with Crippen molar-refractivity contribution in [2.75, 3.05) is 39.8 Å². The van der Waals surface area contributed by atoms with Crippen LogP contribution in [0.2, 0.25) is 0 Å². The van der Waals surface area contributed by atoms with Crippen molar-refractivity contribution in [3.63, 3.8) is 0 Å². The SMILES string of the molecule is COc1ccc(C2=NN(C(=O)CN3CCN(Cc4ccccc4)CC3)C(c3ccco3)C2)cc1. The van der Waals surface area contributed by atoms with Gasteiger partial charge >= 0.3 is 0 Å². The molecule has 3 heterocycles. The molecule has 2 aliphatic heterocycles. The van der Waals surface area contributed by atoms with Gasteiger partial charge in [-0.1, -0.05) is 30.3 Å². The van der Waals surface area contributed by atoms with Crippen LogP contribution in [-0.2, 0) is 11.3 Å². The zero-order chi connectivity index (χ0) is 23.3. The number of carbonyl (C=O) groups excluding carboxylic acids is 1. The third kappa shape index (κ3) is 5.05. The number of piperazine rings is 1. The van der Waals surface area contributed by atoms with Gasteiger partial charge in [0.1, 0.15) is 17.6 Å². The van der Waals surface area contributed by atoms with Gasteiger partial charge in [-0.05, 0) is 47.5 Å². The summed E-state index contributed by atoms with van der Waals surface area (Å²) in [6.07, 6.45) is 2.27. The summed E-state index contributed by atoms with van der Waals surface area (Å²) >= 11 is 0. The maximum Gasteiger partial charge on any atom is 0.257 e. The van der Waals surface area contributed by atoms with Gasteiger partial charge in [-0.3, -0.25) is 14.6 Å². The standard InChI is InChI=1S/C27H30N4O3/c1-33-23-11-9-22(10-12-23)24-18-25(26-8-5-17-34-26)31(28-24)27(32)20-30-15-13-29(14-16-30)19-21-6-3-2-4-7-21/h2-12,17,25H,13-16,18-20H2,1H3. The predicted molar refractivity (Wildman–Crippen MR) is 131 cm³/mol. The van der Waals surface area contributed by atoms with Gasteiger partial charge in [-0.2, -0.15) is 5.10 Å². The van der Waals surface area contributed by atoms with E-state index >= 15 is 0 Å². The topological polar surface area (TPSA) is 61.5 Å². The monoisotopic (exact) mass is 458 g/mol. The van der Waals surface area contributed by atoms with Crippen LogP contribution in [0.4, 0.5) is 0 Å². The molecule has 1 amide bonds. The van der Waals surface area contributed by atoms with Crippen LogP contribution in [0.25, 0.3) is 0 Å². The maximum atomic E-state index is 13.4. The first kappa shape index (κ1) is 22.4. The summed E-state index contributed by atoms with van der Waals surface area (Å²) in [5, 5.41) is 6.37. The van der Waals surface area contributed by atoms with E-state index in [-0.39, 0.29) is 11.9 Å². The molecule has 7 heteroatoms. The summed E-state index contributed by atoms with van der Waals surface area (Å²) in [6, 6.07) is 21.9. The van der Waals surface area contributed by atoms with E-state index in [0.29, 0.717) is 13.0 Å². The Labute approximate surface area is 200 Å². The molecule has 0 aliphatic carbocycles. The first-order chi connectivity index (χ1) is 16.7. The smallest absolute Gasteiger partial charge is 0.257 e. The Kier molecular flexibility index (Phi) is 6.74. The number of hydrogen-bond acceptors (Lipinski definition) is 6. The molecule has 1 aromatic heterocycles. The molecule has 2 aromatic carbocycles. The van der Waals surface area contributed by atoms with Gasteiger partial charge in [-0.15, -0.1) is 0 Å². The van der Waals surface area contributed by atoms with E-state index in [1.807, 2.05) is 42.5 Å². The summed E-state index contributed by atoms with van der Waals surface area (Å²) in [6.45, 7) is 4.94. The Morgan fingerprint density at radius 2 is 1.71 bits per heavy atom. The number of rotatable bonds is 7. The number of ether oxygens (including phenoxy) is 1. The molecular weight excluding hydrogens is 428 g/mol. The minimum absolute atomic E-state index is 0.00132. The maximum absolute atomic E-state index is 13.4. The van der Waals surface area contributed by atoms with Crippen molar-refractivity contribution in [2.24, 2.45) is 5.10 Å². The van der Waals surface area contributed by atoms with Crippen molar-refractivity contribution < 1.29 is 13.9 Å². The summed E-state index contributed by atoms with van der Waals surface area (Å²) in [4.78, 5) is 18.0. The lowest BCUT2D eigenvalue weighted by atomic mass is 10.0. The normalized spacial score (nSPS) is 19.3. The summed E-state index contributed by atoms with van der Waals surface area (Å²) in [7, 11) is 1.65. The van der Waals surface area contributed by atoms with Crippen LogP contribution in [0.15, 0.2) is 82.5 Å². The lowest BCUT2D eigenvalue weighted by Crippen LogP contribution is -2.49. The van der Waals surface area contributed by atoms with Gasteiger partial charge in [0.05, 0.1) is 25.6 Å². The highest BCUT2D eigenvalue weighted by atomic mass is 16.5. The third-order valence-electron chi connectivity index (χ3n) is 6.53. The number of hydrogen-bond donors (Lipinski definition) is 0. The summed E-state index contributed by atoms with van der Waals surface area (Å²) in [5.74, 6) is 1.55. The minimum Gasteiger partial charge on any atom is -0.497 e. The van der Waals surface area contributed by atoms with E-state index in [9.17, 15) is 4.79 Å². The molecule has 1 saturated heterocycles. The van der Waals surface area contributed by atoms with E-state index in [1.165, 1.54) is 5.56 Å². The number of benzene rings is 2. The van der Waals surface area contributed by atoms with Crippen molar-refractivity contribution >= 4 is 11.6 Å². The molecule has 34 heavy (non-hydrogen) atoms. The second kappa shape index (κ2) is 10.2. The molecule has 5 rings (SSSR count). The first-order valence-corrected chi connectivity index (χ1v) is 11.8. The molecule has 2 aliphatic rings. The highest BCUT2D eigenvalue weighted by Gasteiger charge is 2.35. The zero-order valence-corrected chi connectivity index (χ0v) is 19.5. The third-order valence-corrected chi connectivity index (χ3v) is 6.53. The molecule has 1 atom stereocenters. The zero-order valence-electron chi connectivity index (χ0n) is 19.5. The largest absolute Gasteiger partial charge is 0.497 e. The number of furan rings is 1. The average molecular weight is 459 g/mol. The van der Waals surface area contributed by atoms with E-state index in [2.05, 4.69) is 34.1 Å². The van der Waals surface area contributed by atoms with Crippen molar-refractivity contribution in [1.29, 1.82) is 0 Å². The molecule has 1 unspecified atom stereocenters. The second-order valence-electron chi connectivity index (χ2n) is 8.79. The Balaban J connectivity index is 1.24.